The lowest BCUT2D eigenvalue weighted by molar-refractivity contribution is -0.114. The van der Waals surface area contributed by atoms with E-state index in [9.17, 15) is 4.79 Å². The minimum absolute atomic E-state index is 0.413. The van der Waals surface area contributed by atoms with Crippen LogP contribution in [0.2, 0.25) is 0 Å². The number of allylic oxidation sites excluding steroid dienone is 7. The monoisotopic (exact) mass is 248 g/mol. The first-order valence-corrected chi connectivity index (χ1v) is 6.44. The number of ether oxygens (including phenoxy) is 1. The second kappa shape index (κ2) is 13.7. The molecule has 1 atom stereocenters. The fourth-order valence-electron chi connectivity index (χ4n) is 1.28. The Bertz CT molecular complexity index is 298. The Kier molecular flexibility index (Phi) is 12.6. The molecule has 0 saturated carbocycles. The number of rotatable bonds is 10. The maximum Gasteiger partial charge on any atom is 0.152 e. The largest absolute Gasteiger partial charge is 0.370 e. The van der Waals surface area contributed by atoms with E-state index in [4.69, 9.17) is 4.74 Å². The predicted molar refractivity (Wildman–Crippen MR) is 77.6 cm³/mol. The number of hydrogen-bond acceptors (Lipinski definition) is 2. The average Bonchev–Trinajstić information content (AvgIpc) is 2.40. The Balaban J connectivity index is 3.59. The van der Waals surface area contributed by atoms with Gasteiger partial charge in [0.05, 0.1) is 0 Å². The van der Waals surface area contributed by atoms with E-state index in [-0.39, 0.29) is 0 Å². The summed E-state index contributed by atoms with van der Waals surface area (Å²) in [6, 6.07) is 0. The first-order chi connectivity index (χ1) is 8.85. The van der Waals surface area contributed by atoms with E-state index < -0.39 is 6.10 Å². The van der Waals surface area contributed by atoms with Gasteiger partial charge in [0.2, 0.25) is 0 Å². The molecule has 0 radical (unpaired) electrons. The van der Waals surface area contributed by atoms with E-state index in [0.717, 1.165) is 32.0 Å². The molecule has 100 valence electrons. The molecule has 0 aromatic heterocycles. The molecule has 0 spiro atoms. The van der Waals surface area contributed by atoms with E-state index in [2.05, 4.69) is 43.4 Å². The summed E-state index contributed by atoms with van der Waals surface area (Å²) in [4.78, 5) is 10.4. The van der Waals surface area contributed by atoms with E-state index in [1.807, 2.05) is 6.08 Å². The molecule has 0 heterocycles. The molecule has 0 aromatic rings. The lowest BCUT2D eigenvalue weighted by atomic mass is 10.2. The van der Waals surface area contributed by atoms with Crippen molar-refractivity contribution < 1.29 is 9.53 Å². The second-order valence-corrected chi connectivity index (χ2v) is 3.79. The molecular formula is C16H24O2. The van der Waals surface area contributed by atoms with Crippen LogP contribution in [0.3, 0.4) is 0 Å². The summed E-state index contributed by atoms with van der Waals surface area (Å²) in [5, 5.41) is 0. The van der Waals surface area contributed by atoms with Gasteiger partial charge in [-0.05, 0) is 25.7 Å². The van der Waals surface area contributed by atoms with Crippen LogP contribution in [0.4, 0.5) is 0 Å². The molecule has 0 amide bonds. The summed E-state index contributed by atoms with van der Waals surface area (Å²) in [6.45, 7) is 2.13. The number of carbonyl (C=O) groups is 1. The molecule has 0 aliphatic rings. The highest BCUT2D eigenvalue weighted by atomic mass is 16.5. The first-order valence-electron chi connectivity index (χ1n) is 6.44. The Morgan fingerprint density at radius 1 is 0.889 bits per heavy atom. The normalized spacial score (nSPS) is 14.3. The Labute approximate surface area is 111 Å². The highest BCUT2D eigenvalue weighted by molar-refractivity contribution is 5.59. The summed E-state index contributed by atoms with van der Waals surface area (Å²) in [5.74, 6) is 0. The molecule has 18 heavy (non-hydrogen) atoms. The van der Waals surface area contributed by atoms with Gasteiger partial charge in [0.25, 0.3) is 0 Å². The van der Waals surface area contributed by atoms with Crippen LogP contribution in [0.25, 0.3) is 0 Å². The van der Waals surface area contributed by atoms with Crippen molar-refractivity contribution in [3.8, 4) is 0 Å². The summed E-state index contributed by atoms with van der Waals surface area (Å²) in [7, 11) is 1.52. The van der Waals surface area contributed by atoms with Crippen molar-refractivity contribution in [2.75, 3.05) is 7.11 Å². The van der Waals surface area contributed by atoms with Gasteiger partial charge in [-0.3, -0.25) is 0 Å². The smallest absolute Gasteiger partial charge is 0.152 e. The lowest BCUT2D eigenvalue weighted by Gasteiger charge is -1.98. The SMILES string of the molecule is CC/C=C\C/C=C\C/C=C\C/C=C\C(C=O)OC. The van der Waals surface area contributed by atoms with Crippen molar-refractivity contribution in [1.29, 1.82) is 0 Å². The highest BCUT2D eigenvalue weighted by Gasteiger charge is 1.95. The van der Waals surface area contributed by atoms with Crippen molar-refractivity contribution in [1.82, 2.24) is 0 Å². The summed E-state index contributed by atoms with van der Waals surface area (Å²) < 4.78 is 4.89. The standard InChI is InChI=1S/C16H24O2/c1-3-4-5-6-7-8-9-10-11-12-13-14-16(15-17)18-2/h4-5,7-8,10-11,13-16H,3,6,9,12H2,1-2H3/b5-4-,8-7-,11-10-,14-13-. The maximum absolute atomic E-state index is 10.4. The van der Waals surface area contributed by atoms with Crippen molar-refractivity contribution in [3.05, 3.63) is 48.6 Å². The highest BCUT2D eigenvalue weighted by Crippen LogP contribution is 1.95. The van der Waals surface area contributed by atoms with Crippen LogP contribution in [-0.4, -0.2) is 19.5 Å². The summed E-state index contributed by atoms with van der Waals surface area (Å²) in [5.41, 5.74) is 0. The minimum atomic E-state index is -0.413. The predicted octanol–water partition coefficient (Wildman–Crippen LogP) is 4.01. The third-order valence-corrected chi connectivity index (χ3v) is 2.28. The van der Waals surface area contributed by atoms with Crippen molar-refractivity contribution in [3.63, 3.8) is 0 Å². The molecular weight excluding hydrogens is 224 g/mol. The molecule has 0 aliphatic carbocycles. The fraction of sp³-hybridized carbons (Fsp3) is 0.438. The fourth-order valence-corrected chi connectivity index (χ4v) is 1.28. The third kappa shape index (κ3) is 11.1. The van der Waals surface area contributed by atoms with Crippen LogP contribution in [0.5, 0.6) is 0 Å². The molecule has 0 bridgehead atoms. The number of methoxy groups -OCH3 is 1. The Hall–Kier alpha value is -1.41. The van der Waals surface area contributed by atoms with Crippen LogP contribution >= 0.6 is 0 Å². The zero-order valence-corrected chi connectivity index (χ0v) is 11.4. The van der Waals surface area contributed by atoms with Gasteiger partial charge < -0.3 is 9.53 Å². The lowest BCUT2D eigenvalue weighted by Crippen LogP contribution is -2.07. The Morgan fingerprint density at radius 2 is 1.39 bits per heavy atom. The van der Waals surface area contributed by atoms with Gasteiger partial charge in [-0.1, -0.05) is 55.5 Å². The van der Waals surface area contributed by atoms with Crippen LogP contribution < -0.4 is 0 Å². The van der Waals surface area contributed by atoms with Crippen molar-refractivity contribution >= 4 is 6.29 Å². The molecule has 0 aliphatic heterocycles. The number of carbonyl (C=O) groups excluding carboxylic acids is 1. The molecule has 0 fully saturated rings. The second-order valence-electron chi connectivity index (χ2n) is 3.79. The minimum Gasteiger partial charge on any atom is -0.370 e. The third-order valence-electron chi connectivity index (χ3n) is 2.28. The summed E-state index contributed by atoms with van der Waals surface area (Å²) in [6.07, 6.45) is 20.8. The molecule has 2 nitrogen and oxygen atoms in total. The van der Waals surface area contributed by atoms with Crippen LogP contribution in [-0.2, 0) is 9.53 Å². The van der Waals surface area contributed by atoms with Gasteiger partial charge in [-0.2, -0.15) is 0 Å². The zero-order valence-electron chi connectivity index (χ0n) is 11.4. The van der Waals surface area contributed by atoms with Crippen molar-refractivity contribution in [2.45, 2.75) is 38.7 Å². The maximum atomic E-state index is 10.4. The van der Waals surface area contributed by atoms with E-state index >= 15 is 0 Å². The molecule has 0 saturated heterocycles. The van der Waals surface area contributed by atoms with Crippen LogP contribution in [0.15, 0.2) is 48.6 Å². The van der Waals surface area contributed by atoms with Crippen LogP contribution in [0.1, 0.15) is 32.6 Å². The van der Waals surface area contributed by atoms with Crippen LogP contribution in [0, 0.1) is 0 Å². The van der Waals surface area contributed by atoms with Crippen molar-refractivity contribution in [2.24, 2.45) is 0 Å². The van der Waals surface area contributed by atoms with Gasteiger partial charge in [0, 0.05) is 7.11 Å². The number of hydrogen-bond donors (Lipinski definition) is 0. The quantitative estimate of drug-likeness (QED) is 0.431. The van der Waals surface area contributed by atoms with Gasteiger partial charge >= 0.3 is 0 Å². The van der Waals surface area contributed by atoms with Gasteiger partial charge in [0.15, 0.2) is 6.29 Å². The van der Waals surface area contributed by atoms with E-state index in [1.54, 1.807) is 6.08 Å². The molecule has 0 N–H and O–H groups in total. The molecule has 1 unspecified atom stereocenters. The van der Waals surface area contributed by atoms with Gasteiger partial charge in [-0.15, -0.1) is 0 Å². The first kappa shape index (κ1) is 16.6. The summed E-state index contributed by atoms with van der Waals surface area (Å²) >= 11 is 0. The van der Waals surface area contributed by atoms with Gasteiger partial charge in [0.1, 0.15) is 6.10 Å². The Morgan fingerprint density at radius 3 is 1.83 bits per heavy atom. The topological polar surface area (TPSA) is 26.3 Å². The molecule has 0 aromatic carbocycles. The zero-order chi connectivity index (χ0) is 13.5. The number of aldehydes is 1. The van der Waals surface area contributed by atoms with E-state index in [1.165, 1.54) is 7.11 Å². The average molecular weight is 248 g/mol. The van der Waals surface area contributed by atoms with Gasteiger partial charge in [-0.25, -0.2) is 0 Å². The molecule has 0 rings (SSSR count). The molecule has 2 heteroatoms. The van der Waals surface area contributed by atoms with E-state index in [0.29, 0.717) is 0 Å².